The zero-order valence-electron chi connectivity index (χ0n) is 14.8. The topological polar surface area (TPSA) is 67.8 Å². The Kier molecular flexibility index (Phi) is 6.45. The Hall–Kier alpha value is -1.43. The lowest BCUT2D eigenvalue weighted by molar-refractivity contribution is -0.163. The molecule has 0 saturated carbocycles. The van der Waals surface area contributed by atoms with Crippen LogP contribution in [0.25, 0.3) is 0 Å². The SMILES string of the molecule is O=C1Nc2ccccc2C1(CCCCO)CCCOC1CCCCO1. The van der Waals surface area contributed by atoms with Gasteiger partial charge in [0.15, 0.2) is 6.29 Å². The first-order chi connectivity index (χ1) is 12.3. The number of para-hydroxylation sites is 1. The maximum absolute atomic E-state index is 12.8. The molecule has 1 fully saturated rings. The van der Waals surface area contributed by atoms with Gasteiger partial charge in [-0.25, -0.2) is 0 Å². The smallest absolute Gasteiger partial charge is 0.235 e. The van der Waals surface area contributed by atoms with Gasteiger partial charge in [-0.05, 0) is 63.0 Å². The molecule has 0 radical (unpaired) electrons. The molecule has 2 heterocycles. The molecule has 25 heavy (non-hydrogen) atoms. The number of carbonyl (C=O) groups excluding carboxylic acids is 1. The number of amides is 1. The van der Waals surface area contributed by atoms with Gasteiger partial charge in [-0.15, -0.1) is 0 Å². The van der Waals surface area contributed by atoms with E-state index in [1.165, 1.54) is 0 Å². The van der Waals surface area contributed by atoms with Crippen LogP contribution < -0.4 is 5.32 Å². The fraction of sp³-hybridized carbons (Fsp3) is 0.650. The van der Waals surface area contributed by atoms with Gasteiger partial charge in [0.2, 0.25) is 5.91 Å². The second kappa shape index (κ2) is 8.79. The summed E-state index contributed by atoms with van der Waals surface area (Å²) in [5, 5.41) is 12.1. The Bertz CT molecular complexity index is 571. The first-order valence-electron chi connectivity index (χ1n) is 9.51. The van der Waals surface area contributed by atoms with Gasteiger partial charge in [-0.1, -0.05) is 18.2 Å². The van der Waals surface area contributed by atoms with E-state index < -0.39 is 5.41 Å². The van der Waals surface area contributed by atoms with Crippen LogP contribution in [0.15, 0.2) is 24.3 Å². The summed E-state index contributed by atoms with van der Waals surface area (Å²) < 4.78 is 11.4. The number of nitrogens with one attached hydrogen (secondary N) is 1. The molecule has 0 bridgehead atoms. The number of fused-ring (bicyclic) bond motifs is 1. The van der Waals surface area contributed by atoms with Gasteiger partial charge < -0.3 is 19.9 Å². The highest BCUT2D eigenvalue weighted by Gasteiger charge is 2.45. The van der Waals surface area contributed by atoms with Crippen LogP contribution in [-0.4, -0.2) is 37.1 Å². The van der Waals surface area contributed by atoms with Gasteiger partial charge >= 0.3 is 0 Å². The highest BCUT2D eigenvalue weighted by Crippen LogP contribution is 2.44. The van der Waals surface area contributed by atoms with Gasteiger partial charge in [0.05, 0.1) is 5.41 Å². The van der Waals surface area contributed by atoms with E-state index in [1.807, 2.05) is 18.2 Å². The molecule has 1 aromatic rings. The molecule has 2 unspecified atom stereocenters. The summed E-state index contributed by atoms with van der Waals surface area (Å²) >= 11 is 0. The van der Waals surface area contributed by atoms with Crippen LogP contribution in [0.1, 0.15) is 56.9 Å². The number of aliphatic hydroxyl groups is 1. The predicted octanol–water partition coefficient (Wildman–Crippen LogP) is 3.36. The summed E-state index contributed by atoms with van der Waals surface area (Å²) in [7, 11) is 0. The van der Waals surface area contributed by atoms with E-state index in [0.717, 1.165) is 69.2 Å². The summed E-state index contributed by atoms with van der Waals surface area (Å²) in [5.41, 5.74) is 1.52. The van der Waals surface area contributed by atoms with E-state index in [-0.39, 0.29) is 18.8 Å². The molecule has 1 amide bonds. The molecule has 3 rings (SSSR count). The number of benzene rings is 1. The Morgan fingerprint density at radius 3 is 2.84 bits per heavy atom. The molecular weight excluding hydrogens is 318 g/mol. The van der Waals surface area contributed by atoms with Gasteiger partial charge in [0, 0.05) is 25.5 Å². The van der Waals surface area contributed by atoms with Crippen molar-refractivity contribution in [2.24, 2.45) is 0 Å². The zero-order chi connectivity index (χ0) is 17.5. The molecule has 2 aliphatic heterocycles. The van der Waals surface area contributed by atoms with E-state index in [1.54, 1.807) is 0 Å². The molecule has 0 aliphatic carbocycles. The van der Waals surface area contributed by atoms with Crippen LogP contribution in [0.5, 0.6) is 0 Å². The van der Waals surface area contributed by atoms with Crippen molar-refractivity contribution in [2.75, 3.05) is 25.1 Å². The van der Waals surface area contributed by atoms with E-state index in [2.05, 4.69) is 11.4 Å². The second-order valence-electron chi connectivity index (χ2n) is 7.03. The summed E-state index contributed by atoms with van der Waals surface area (Å²) in [5.74, 6) is 0.0838. The van der Waals surface area contributed by atoms with Crippen LogP contribution in [0.4, 0.5) is 5.69 Å². The number of hydrogen-bond donors (Lipinski definition) is 2. The molecule has 138 valence electrons. The predicted molar refractivity (Wildman–Crippen MR) is 96.5 cm³/mol. The molecule has 5 nitrogen and oxygen atoms in total. The number of carbonyl (C=O) groups is 1. The van der Waals surface area contributed by atoms with Crippen LogP contribution in [0, 0.1) is 0 Å². The van der Waals surface area contributed by atoms with Crippen molar-refractivity contribution in [3.8, 4) is 0 Å². The minimum Gasteiger partial charge on any atom is -0.396 e. The Balaban J connectivity index is 1.62. The number of anilines is 1. The quantitative estimate of drug-likeness (QED) is 0.672. The van der Waals surface area contributed by atoms with Crippen molar-refractivity contribution in [3.05, 3.63) is 29.8 Å². The van der Waals surface area contributed by atoms with Crippen molar-refractivity contribution in [2.45, 2.75) is 63.1 Å². The van der Waals surface area contributed by atoms with Crippen molar-refractivity contribution in [1.82, 2.24) is 0 Å². The molecule has 2 N–H and O–H groups in total. The maximum atomic E-state index is 12.8. The first-order valence-corrected chi connectivity index (χ1v) is 9.51. The normalized spacial score (nSPS) is 25.6. The number of rotatable bonds is 9. The Morgan fingerprint density at radius 1 is 1.20 bits per heavy atom. The number of unbranched alkanes of at least 4 members (excludes halogenated alkanes) is 1. The van der Waals surface area contributed by atoms with Crippen LogP contribution in [0.2, 0.25) is 0 Å². The standard InChI is InChI=1S/C20H29NO4/c22-13-5-4-11-20(12-7-15-25-18-10-3-6-14-24-18)16-8-1-2-9-17(16)21-19(20)23/h1-2,8-9,18,22H,3-7,10-15H2,(H,21,23). The van der Waals surface area contributed by atoms with Gasteiger partial charge in [-0.3, -0.25) is 4.79 Å². The molecular formula is C20H29NO4. The average molecular weight is 347 g/mol. The van der Waals surface area contributed by atoms with Crippen molar-refractivity contribution >= 4 is 11.6 Å². The lowest BCUT2D eigenvalue weighted by atomic mass is 9.74. The number of hydrogen-bond acceptors (Lipinski definition) is 4. The fourth-order valence-electron chi connectivity index (χ4n) is 3.97. The van der Waals surface area contributed by atoms with Gasteiger partial charge in [0.1, 0.15) is 0 Å². The zero-order valence-corrected chi connectivity index (χ0v) is 14.8. The van der Waals surface area contributed by atoms with Crippen LogP contribution >= 0.6 is 0 Å². The fourth-order valence-corrected chi connectivity index (χ4v) is 3.97. The monoisotopic (exact) mass is 347 g/mol. The summed E-state index contributed by atoms with van der Waals surface area (Å²) in [4.78, 5) is 12.8. The maximum Gasteiger partial charge on any atom is 0.235 e. The van der Waals surface area contributed by atoms with Crippen molar-refractivity contribution in [1.29, 1.82) is 0 Å². The molecule has 2 aliphatic rings. The van der Waals surface area contributed by atoms with E-state index in [9.17, 15) is 4.79 Å². The third-order valence-corrected chi connectivity index (χ3v) is 5.33. The van der Waals surface area contributed by atoms with Crippen molar-refractivity contribution < 1.29 is 19.4 Å². The molecule has 1 saturated heterocycles. The first kappa shape index (κ1) is 18.4. The molecule has 0 spiro atoms. The minimum atomic E-state index is -0.497. The number of aliphatic hydroxyl groups excluding tert-OH is 1. The van der Waals surface area contributed by atoms with Crippen LogP contribution in [0.3, 0.4) is 0 Å². The van der Waals surface area contributed by atoms with E-state index in [4.69, 9.17) is 14.6 Å². The summed E-state index contributed by atoms with van der Waals surface area (Å²) in [6.45, 7) is 1.56. The van der Waals surface area contributed by atoms with E-state index >= 15 is 0 Å². The molecule has 2 atom stereocenters. The highest BCUT2D eigenvalue weighted by atomic mass is 16.7. The molecule has 1 aromatic carbocycles. The van der Waals surface area contributed by atoms with Crippen molar-refractivity contribution in [3.63, 3.8) is 0 Å². The Morgan fingerprint density at radius 2 is 2.04 bits per heavy atom. The Labute approximate surface area is 149 Å². The lowest BCUT2D eigenvalue weighted by Gasteiger charge is -2.28. The van der Waals surface area contributed by atoms with Crippen LogP contribution in [-0.2, 0) is 19.7 Å². The summed E-state index contributed by atoms with van der Waals surface area (Å²) in [6, 6.07) is 7.96. The van der Waals surface area contributed by atoms with E-state index in [0.29, 0.717) is 6.61 Å². The molecule has 0 aromatic heterocycles. The largest absolute Gasteiger partial charge is 0.396 e. The minimum absolute atomic E-state index is 0.0798. The lowest BCUT2D eigenvalue weighted by Crippen LogP contribution is -2.35. The second-order valence-corrected chi connectivity index (χ2v) is 7.03. The van der Waals surface area contributed by atoms with Gasteiger partial charge in [-0.2, -0.15) is 0 Å². The average Bonchev–Trinajstić information content (AvgIpc) is 2.92. The number of ether oxygens (including phenoxy) is 2. The summed E-state index contributed by atoms with van der Waals surface area (Å²) in [6.07, 6.45) is 7.06. The third kappa shape index (κ3) is 4.22. The molecule has 5 heteroatoms. The third-order valence-electron chi connectivity index (χ3n) is 5.33. The highest BCUT2D eigenvalue weighted by molar-refractivity contribution is 6.06. The van der Waals surface area contributed by atoms with Gasteiger partial charge in [0.25, 0.3) is 0 Å².